The zero-order valence-corrected chi connectivity index (χ0v) is 8.20. The molecule has 1 rings (SSSR count). The highest BCUT2D eigenvalue weighted by Crippen LogP contribution is 2.07. The summed E-state index contributed by atoms with van der Waals surface area (Å²) in [6.07, 6.45) is 0. The number of aryl methyl sites for hydroxylation is 1. The fraction of sp³-hybridized carbons (Fsp3) is 0.111. The summed E-state index contributed by atoms with van der Waals surface area (Å²) in [6, 6.07) is 5.83. The monoisotopic (exact) mass is 208 g/mol. The molecule has 80 valence electrons. The fourth-order valence-electron chi connectivity index (χ4n) is 0.918. The van der Waals surface area contributed by atoms with Crippen LogP contribution in [0.4, 0.5) is 15.3 Å². The van der Waals surface area contributed by atoms with Crippen molar-refractivity contribution in [1.29, 1.82) is 0 Å². The van der Waals surface area contributed by atoms with E-state index in [0.717, 1.165) is 5.56 Å². The minimum absolute atomic E-state index is 0.558. The Kier molecular flexibility index (Phi) is 3.50. The summed E-state index contributed by atoms with van der Waals surface area (Å²) in [7, 11) is 0. The second kappa shape index (κ2) is 4.85. The Morgan fingerprint density at radius 3 is 2.27 bits per heavy atom. The van der Waals surface area contributed by atoms with Gasteiger partial charge in [0.25, 0.3) is 0 Å². The third-order valence-corrected chi connectivity index (χ3v) is 1.61. The number of benzene rings is 1. The molecule has 0 radical (unpaired) electrons. The molecule has 1 aromatic carbocycles. The summed E-state index contributed by atoms with van der Waals surface area (Å²) in [5.41, 5.74) is 10.5. The average molecular weight is 208 g/mol. The van der Waals surface area contributed by atoms with E-state index in [9.17, 15) is 9.59 Å². The van der Waals surface area contributed by atoms with E-state index in [4.69, 9.17) is 5.73 Å². The second-order valence-corrected chi connectivity index (χ2v) is 2.93. The molecule has 0 unspecified atom stereocenters. The highest BCUT2D eigenvalue weighted by molar-refractivity contribution is 5.90. The van der Waals surface area contributed by atoms with Gasteiger partial charge in [-0.15, -0.1) is 0 Å². The Hall–Kier alpha value is -2.24. The van der Waals surface area contributed by atoms with Crippen LogP contribution in [0.25, 0.3) is 0 Å². The van der Waals surface area contributed by atoms with Crippen LogP contribution in [0.15, 0.2) is 24.3 Å². The molecular formula is C9H12N4O2. The SMILES string of the molecule is Cc1ccc(NC(=O)NNC(N)=O)cc1. The topological polar surface area (TPSA) is 96.2 Å². The van der Waals surface area contributed by atoms with Crippen molar-refractivity contribution in [2.24, 2.45) is 5.73 Å². The van der Waals surface area contributed by atoms with E-state index in [1.807, 2.05) is 24.5 Å². The molecule has 0 atom stereocenters. The number of primary amides is 1. The van der Waals surface area contributed by atoms with Gasteiger partial charge in [0.1, 0.15) is 0 Å². The zero-order valence-electron chi connectivity index (χ0n) is 8.20. The summed E-state index contributed by atoms with van der Waals surface area (Å²) >= 11 is 0. The van der Waals surface area contributed by atoms with E-state index in [1.165, 1.54) is 0 Å². The van der Waals surface area contributed by atoms with Crippen molar-refractivity contribution in [3.8, 4) is 0 Å². The number of rotatable bonds is 1. The van der Waals surface area contributed by atoms with Crippen molar-refractivity contribution in [2.45, 2.75) is 6.92 Å². The normalized spacial score (nSPS) is 9.13. The van der Waals surface area contributed by atoms with Crippen LogP contribution in [0.3, 0.4) is 0 Å². The highest BCUT2D eigenvalue weighted by Gasteiger charge is 2.00. The van der Waals surface area contributed by atoms with Crippen LogP contribution in [0.1, 0.15) is 5.56 Å². The van der Waals surface area contributed by atoms with Gasteiger partial charge in [0.2, 0.25) is 0 Å². The van der Waals surface area contributed by atoms with E-state index in [0.29, 0.717) is 5.69 Å². The molecule has 0 aliphatic rings. The van der Waals surface area contributed by atoms with Gasteiger partial charge in [0.15, 0.2) is 0 Å². The molecule has 1 aromatic rings. The Balaban J connectivity index is 2.44. The van der Waals surface area contributed by atoms with Crippen LogP contribution < -0.4 is 21.9 Å². The standard InChI is InChI=1S/C9H12N4O2/c1-6-2-4-7(5-3-6)11-9(15)13-12-8(10)14/h2-5H,1H3,(H3,10,12,14)(H2,11,13,15). The number of nitrogens with one attached hydrogen (secondary N) is 3. The summed E-state index contributed by atoms with van der Waals surface area (Å²) in [4.78, 5) is 21.4. The minimum Gasteiger partial charge on any atom is -0.350 e. The number of hydrazine groups is 1. The third-order valence-electron chi connectivity index (χ3n) is 1.61. The van der Waals surface area contributed by atoms with Gasteiger partial charge in [-0.05, 0) is 19.1 Å². The third kappa shape index (κ3) is 3.99. The van der Waals surface area contributed by atoms with Gasteiger partial charge in [-0.25, -0.2) is 20.4 Å². The molecule has 0 heterocycles. The summed E-state index contributed by atoms with van der Waals surface area (Å²) in [5, 5.41) is 2.50. The van der Waals surface area contributed by atoms with Crippen molar-refractivity contribution >= 4 is 17.7 Å². The number of hydrogen-bond donors (Lipinski definition) is 4. The largest absolute Gasteiger partial charge is 0.350 e. The Morgan fingerprint density at radius 1 is 1.13 bits per heavy atom. The molecule has 0 aliphatic heterocycles. The van der Waals surface area contributed by atoms with E-state index < -0.39 is 12.1 Å². The van der Waals surface area contributed by atoms with Crippen LogP contribution >= 0.6 is 0 Å². The molecule has 6 nitrogen and oxygen atoms in total. The maximum Gasteiger partial charge on any atom is 0.337 e. The van der Waals surface area contributed by atoms with Crippen LogP contribution in [0.5, 0.6) is 0 Å². The molecule has 5 N–H and O–H groups in total. The van der Waals surface area contributed by atoms with Crippen LogP contribution in [0, 0.1) is 6.92 Å². The molecule has 0 fully saturated rings. The van der Waals surface area contributed by atoms with Crippen molar-refractivity contribution < 1.29 is 9.59 Å². The predicted octanol–water partition coefficient (Wildman–Crippen LogP) is 0.700. The molecule has 0 saturated carbocycles. The van der Waals surface area contributed by atoms with E-state index >= 15 is 0 Å². The van der Waals surface area contributed by atoms with Gasteiger partial charge in [0.05, 0.1) is 0 Å². The lowest BCUT2D eigenvalue weighted by molar-refractivity contribution is 0.235. The van der Waals surface area contributed by atoms with Crippen molar-refractivity contribution in [3.63, 3.8) is 0 Å². The van der Waals surface area contributed by atoms with E-state index in [1.54, 1.807) is 12.1 Å². The predicted molar refractivity (Wildman–Crippen MR) is 56.1 cm³/mol. The maximum atomic E-state index is 11.1. The lowest BCUT2D eigenvalue weighted by atomic mass is 10.2. The minimum atomic E-state index is -0.825. The summed E-state index contributed by atoms with van der Waals surface area (Å²) in [6.45, 7) is 1.94. The molecule has 0 aliphatic carbocycles. The molecule has 0 aromatic heterocycles. The second-order valence-electron chi connectivity index (χ2n) is 2.93. The molecule has 0 spiro atoms. The molecule has 0 bridgehead atoms. The number of amides is 4. The van der Waals surface area contributed by atoms with E-state index in [2.05, 4.69) is 10.7 Å². The number of carbonyl (C=O) groups excluding carboxylic acids is 2. The number of nitrogens with two attached hydrogens (primary N) is 1. The van der Waals surface area contributed by atoms with Gasteiger partial charge >= 0.3 is 12.1 Å². The molecule has 4 amide bonds. The van der Waals surface area contributed by atoms with Crippen LogP contribution in [0.2, 0.25) is 0 Å². The van der Waals surface area contributed by atoms with Crippen LogP contribution in [-0.4, -0.2) is 12.1 Å². The number of carbonyl (C=O) groups is 2. The lowest BCUT2D eigenvalue weighted by Crippen LogP contribution is -2.46. The van der Waals surface area contributed by atoms with Crippen molar-refractivity contribution in [3.05, 3.63) is 29.8 Å². The molecular weight excluding hydrogens is 196 g/mol. The fourth-order valence-corrected chi connectivity index (χ4v) is 0.918. The quantitative estimate of drug-likeness (QED) is 0.511. The first kappa shape index (κ1) is 10.8. The Morgan fingerprint density at radius 2 is 1.73 bits per heavy atom. The summed E-state index contributed by atoms with van der Waals surface area (Å²) in [5.74, 6) is 0. The maximum absolute atomic E-state index is 11.1. The number of hydrogen-bond acceptors (Lipinski definition) is 2. The first-order chi connectivity index (χ1) is 7.08. The molecule has 15 heavy (non-hydrogen) atoms. The average Bonchev–Trinajstić information content (AvgIpc) is 2.19. The zero-order chi connectivity index (χ0) is 11.3. The summed E-state index contributed by atoms with van der Waals surface area (Å²) < 4.78 is 0. The highest BCUT2D eigenvalue weighted by atomic mass is 16.2. The smallest absolute Gasteiger partial charge is 0.337 e. The van der Waals surface area contributed by atoms with Gasteiger partial charge in [-0.2, -0.15) is 0 Å². The van der Waals surface area contributed by atoms with Crippen molar-refractivity contribution in [2.75, 3.05) is 5.32 Å². The van der Waals surface area contributed by atoms with Gasteiger partial charge in [0, 0.05) is 5.69 Å². The lowest BCUT2D eigenvalue weighted by Gasteiger charge is -2.07. The first-order valence-electron chi connectivity index (χ1n) is 4.27. The van der Waals surface area contributed by atoms with Crippen LogP contribution in [-0.2, 0) is 0 Å². The molecule has 0 saturated heterocycles. The van der Waals surface area contributed by atoms with Crippen molar-refractivity contribution in [1.82, 2.24) is 10.9 Å². The number of urea groups is 2. The Bertz CT molecular complexity index is 361. The van der Waals surface area contributed by atoms with Gasteiger partial charge in [-0.3, -0.25) is 0 Å². The van der Waals surface area contributed by atoms with Gasteiger partial charge in [-0.1, -0.05) is 17.7 Å². The van der Waals surface area contributed by atoms with Gasteiger partial charge < -0.3 is 11.1 Å². The Labute approximate surface area is 86.8 Å². The first-order valence-corrected chi connectivity index (χ1v) is 4.27. The molecule has 6 heteroatoms. The van der Waals surface area contributed by atoms with E-state index in [-0.39, 0.29) is 0 Å². The number of anilines is 1.